The molecule has 22 heavy (non-hydrogen) atoms. The second-order valence-electron chi connectivity index (χ2n) is 5.85. The number of anilines is 1. The molecule has 1 amide bonds. The summed E-state index contributed by atoms with van der Waals surface area (Å²) in [5.74, 6) is 0.637. The van der Waals surface area contributed by atoms with Gasteiger partial charge in [-0.3, -0.25) is 4.79 Å². The molecule has 0 spiro atoms. The van der Waals surface area contributed by atoms with Crippen LogP contribution in [0.2, 0.25) is 0 Å². The van der Waals surface area contributed by atoms with Crippen molar-refractivity contribution in [1.29, 1.82) is 0 Å². The minimum absolute atomic E-state index is 0.146. The third kappa shape index (κ3) is 3.88. The van der Waals surface area contributed by atoms with Crippen LogP contribution in [0.4, 0.5) is 5.69 Å². The van der Waals surface area contributed by atoms with E-state index in [1.165, 1.54) is 0 Å². The summed E-state index contributed by atoms with van der Waals surface area (Å²) in [6.07, 6.45) is -0.555. The highest BCUT2D eigenvalue weighted by Crippen LogP contribution is 2.24. The van der Waals surface area contributed by atoms with Gasteiger partial charge in [0.25, 0.3) is 5.91 Å². The second kappa shape index (κ2) is 6.65. The van der Waals surface area contributed by atoms with Gasteiger partial charge in [0.2, 0.25) is 0 Å². The summed E-state index contributed by atoms with van der Waals surface area (Å²) in [6.45, 7) is 9.76. The summed E-state index contributed by atoms with van der Waals surface area (Å²) < 4.78 is 5.86. The lowest BCUT2D eigenvalue weighted by Crippen LogP contribution is -2.30. The molecule has 0 bridgehead atoms. The molecule has 0 aromatic heterocycles. The molecule has 1 atom stereocenters. The Morgan fingerprint density at radius 1 is 1.00 bits per heavy atom. The predicted octanol–water partition coefficient (Wildman–Crippen LogP) is 4.33. The van der Waals surface area contributed by atoms with Gasteiger partial charge in [-0.2, -0.15) is 0 Å². The lowest BCUT2D eigenvalue weighted by molar-refractivity contribution is -0.122. The summed E-state index contributed by atoms with van der Waals surface area (Å²) in [7, 11) is 0. The van der Waals surface area contributed by atoms with Gasteiger partial charge in [-0.15, -0.1) is 0 Å². The third-order valence-corrected chi connectivity index (χ3v) is 3.56. The summed E-state index contributed by atoms with van der Waals surface area (Å²) in [5, 5.41) is 2.92. The lowest BCUT2D eigenvalue weighted by Gasteiger charge is -2.18. The Hall–Kier alpha value is -2.29. The Bertz CT molecular complexity index is 651. The average molecular weight is 297 g/mol. The van der Waals surface area contributed by atoms with Crippen LogP contribution in [0.25, 0.3) is 0 Å². The number of carbonyl (C=O) groups is 1. The number of nitrogens with one attached hydrogen (secondary N) is 1. The Labute approximate surface area is 132 Å². The van der Waals surface area contributed by atoms with Gasteiger partial charge in [0.15, 0.2) is 6.10 Å². The number of rotatable bonds is 4. The maximum absolute atomic E-state index is 12.3. The van der Waals surface area contributed by atoms with Crippen LogP contribution in [-0.4, -0.2) is 12.0 Å². The molecule has 0 saturated carbocycles. The monoisotopic (exact) mass is 297 g/mol. The van der Waals surface area contributed by atoms with Crippen molar-refractivity contribution >= 4 is 11.6 Å². The maximum Gasteiger partial charge on any atom is 0.265 e. The normalized spacial score (nSPS) is 11.9. The number of benzene rings is 2. The zero-order valence-electron chi connectivity index (χ0n) is 13.9. The molecular formula is C19H23NO2. The Morgan fingerprint density at radius 3 is 2.09 bits per heavy atom. The number of aryl methyl sites for hydroxylation is 4. The van der Waals surface area contributed by atoms with E-state index in [2.05, 4.69) is 11.4 Å². The van der Waals surface area contributed by atoms with Crippen molar-refractivity contribution in [3.63, 3.8) is 0 Å². The predicted molar refractivity (Wildman–Crippen MR) is 90.6 cm³/mol. The van der Waals surface area contributed by atoms with E-state index in [-0.39, 0.29) is 5.91 Å². The molecule has 1 N–H and O–H groups in total. The molecule has 0 aliphatic rings. The van der Waals surface area contributed by atoms with Crippen LogP contribution in [0.1, 0.15) is 29.2 Å². The summed E-state index contributed by atoms with van der Waals surface area (Å²) >= 11 is 0. The fourth-order valence-corrected chi connectivity index (χ4v) is 2.51. The van der Waals surface area contributed by atoms with Crippen LogP contribution in [0.15, 0.2) is 36.4 Å². The van der Waals surface area contributed by atoms with E-state index in [1.807, 2.05) is 58.0 Å². The third-order valence-electron chi connectivity index (χ3n) is 3.56. The lowest BCUT2D eigenvalue weighted by atomic mass is 10.1. The highest BCUT2D eigenvalue weighted by Gasteiger charge is 2.17. The number of hydrogen-bond donors (Lipinski definition) is 1. The molecule has 2 aromatic carbocycles. The molecular weight excluding hydrogens is 274 g/mol. The van der Waals surface area contributed by atoms with Gasteiger partial charge in [0, 0.05) is 5.69 Å². The van der Waals surface area contributed by atoms with Gasteiger partial charge in [-0.1, -0.05) is 24.3 Å². The van der Waals surface area contributed by atoms with Gasteiger partial charge in [-0.25, -0.2) is 0 Å². The fraction of sp³-hybridized carbons (Fsp3) is 0.316. The van der Waals surface area contributed by atoms with Crippen molar-refractivity contribution in [1.82, 2.24) is 0 Å². The summed E-state index contributed by atoms with van der Waals surface area (Å²) in [4.78, 5) is 12.3. The Morgan fingerprint density at radius 2 is 1.55 bits per heavy atom. The Balaban J connectivity index is 2.09. The summed E-state index contributed by atoms with van der Waals surface area (Å²) in [6, 6.07) is 11.9. The van der Waals surface area contributed by atoms with E-state index in [9.17, 15) is 4.79 Å². The van der Waals surface area contributed by atoms with Gasteiger partial charge in [-0.05, 0) is 69.0 Å². The molecule has 116 valence electrons. The molecule has 2 rings (SSSR count). The maximum atomic E-state index is 12.3. The van der Waals surface area contributed by atoms with Crippen LogP contribution in [0, 0.1) is 27.7 Å². The molecule has 0 radical (unpaired) electrons. The van der Waals surface area contributed by atoms with Crippen LogP contribution in [-0.2, 0) is 4.79 Å². The van der Waals surface area contributed by atoms with Crippen LogP contribution in [0.3, 0.4) is 0 Å². The van der Waals surface area contributed by atoms with Crippen molar-refractivity contribution in [3.8, 4) is 5.75 Å². The van der Waals surface area contributed by atoms with Gasteiger partial charge in [0.1, 0.15) is 5.75 Å². The first-order chi connectivity index (χ1) is 10.4. The first kappa shape index (κ1) is 16.1. The number of carbonyl (C=O) groups excluding carboxylic acids is 1. The number of para-hydroxylation sites is 1. The van der Waals surface area contributed by atoms with E-state index < -0.39 is 6.10 Å². The smallest absolute Gasteiger partial charge is 0.265 e. The van der Waals surface area contributed by atoms with E-state index in [1.54, 1.807) is 6.92 Å². The van der Waals surface area contributed by atoms with Crippen molar-refractivity contribution in [2.24, 2.45) is 0 Å². The molecule has 3 heteroatoms. The van der Waals surface area contributed by atoms with E-state index in [0.29, 0.717) is 0 Å². The number of hydrogen-bond acceptors (Lipinski definition) is 2. The van der Waals surface area contributed by atoms with Crippen LogP contribution >= 0.6 is 0 Å². The first-order valence-corrected chi connectivity index (χ1v) is 7.49. The fourth-order valence-electron chi connectivity index (χ4n) is 2.51. The molecule has 0 unspecified atom stereocenters. The largest absolute Gasteiger partial charge is 0.480 e. The Kier molecular flexibility index (Phi) is 4.86. The van der Waals surface area contributed by atoms with Crippen LogP contribution in [0.5, 0.6) is 5.75 Å². The zero-order valence-corrected chi connectivity index (χ0v) is 13.9. The number of amides is 1. The van der Waals surface area contributed by atoms with E-state index >= 15 is 0 Å². The molecule has 0 fully saturated rings. The second-order valence-corrected chi connectivity index (χ2v) is 5.85. The standard InChI is InChI=1S/C19H23NO2/c1-12-9-13(2)11-17(10-12)20-19(21)16(5)22-18-14(3)7-6-8-15(18)4/h6-11,16H,1-5H3,(H,20,21)/t16-/m1/s1. The van der Waals surface area contributed by atoms with Crippen molar-refractivity contribution in [3.05, 3.63) is 58.7 Å². The summed E-state index contributed by atoms with van der Waals surface area (Å²) in [5.41, 5.74) is 5.12. The van der Waals surface area contributed by atoms with E-state index in [4.69, 9.17) is 4.74 Å². The van der Waals surface area contributed by atoms with Gasteiger partial charge in [0.05, 0.1) is 0 Å². The highest BCUT2D eigenvalue weighted by molar-refractivity contribution is 5.94. The minimum Gasteiger partial charge on any atom is -0.480 e. The van der Waals surface area contributed by atoms with Gasteiger partial charge < -0.3 is 10.1 Å². The highest BCUT2D eigenvalue weighted by atomic mass is 16.5. The van der Waals surface area contributed by atoms with Crippen molar-refractivity contribution in [2.75, 3.05) is 5.32 Å². The molecule has 0 saturated heterocycles. The molecule has 0 heterocycles. The van der Waals surface area contributed by atoms with E-state index in [0.717, 1.165) is 33.7 Å². The van der Waals surface area contributed by atoms with Crippen molar-refractivity contribution in [2.45, 2.75) is 40.7 Å². The van der Waals surface area contributed by atoms with Gasteiger partial charge >= 0.3 is 0 Å². The van der Waals surface area contributed by atoms with Crippen LogP contribution < -0.4 is 10.1 Å². The molecule has 0 aliphatic carbocycles. The molecule has 2 aromatic rings. The number of ether oxygens (including phenoxy) is 1. The SMILES string of the molecule is Cc1cc(C)cc(NC(=O)[C@@H](C)Oc2c(C)cccc2C)c1. The van der Waals surface area contributed by atoms with Crippen molar-refractivity contribution < 1.29 is 9.53 Å². The average Bonchev–Trinajstić information content (AvgIpc) is 2.41. The molecule has 0 aliphatic heterocycles. The quantitative estimate of drug-likeness (QED) is 0.912. The zero-order chi connectivity index (χ0) is 16.3. The minimum atomic E-state index is -0.555. The topological polar surface area (TPSA) is 38.3 Å². The molecule has 3 nitrogen and oxygen atoms in total. The first-order valence-electron chi connectivity index (χ1n) is 7.49.